The average Bonchev–Trinajstić information content (AvgIpc) is 3.45. The lowest BCUT2D eigenvalue weighted by Crippen LogP contribution is -2.42. The van der Waals surface area contributed by atoms with Crippen LogP contribution in [0.25, 0.3) is 0 Å². The summed E-state index contributed by atoms with van der Waals surface area (Å²) in [4.78, 5) is 30.0. The molecule has 0 saturated carbocycles. The van der Waals surface area contributed by atoms with Crippen LogP contribution in [0.1, 0.15) is 46.5 Å². The van der Waals surface area contributed by atoms with E-state index < -0.39 is 0 Å². The maximum Gasteiger partial charge on any atom is 0.273 e. The van der Waals surface area contributed by atoms with Gasteiger partial charge in [0, 0.05) is 19.1 Å². The number of H-pyrrole nitrogens is 1. The van der Waals surface area contributed by atoms with Crippen LogP contribution >= 0.6 is 27.5 Å². The van der Waals surface area contributed by atoms with Crippen molar-refractivity contribution in [2.45, 2.75) is 31.7 Å². The summed E-state index contributed by atoms with van der Waals surface area (Å²) < 4.78 is 0.453. The summed E-state index contributed by atoms with van der Waals surface area (Å²) in [5.41, 5.74) is 0.704. The highest BCUT2D eigenvalue weighted by atomic mass is 79.9. The number of anilines is 1. The van der Waals surface area contributed by atoms with Crippen molar-refractivity contribution in [3.05, 3.63) is 45.0 Å². The van der Waals surface area contributed by atoms with Crippen LogP contribution < -0.4 is 5.32 Å². The molecule has 154 valence electrons. The van der Waals surface area contributed by atoms with Crippen LogP contribution in [0.4, 0.5) is 5.82 Å². The molecule has 0 aliphatic carbocycles. The van der Waals surface area contributed by atoms with Crippen molar-refractivity contribution in [2.75, 3.05) is 31.5 Å². The van der Waals surface area contributed by atoms with Crippen LogP contribution in [-0.4, -0.2) is 64.0 Å². The molecule has 1 atom stereocenters. The smallest absolute Gasteiger partial charge is 0.273 e. The van der Waals surface area contributed by atoms with E-state index in [4.69, 9.17) is 11.6 Å². The zero-order valence-corrected chi connectivity index (χ0v) is 18.3. The Morgan fingerprint density at radius 2 is 1.97 bits per heavy atom. The van der Waals surface area contributed by atoms with Gasteiger partial charge in [0.25, 0.3) is 11.8 Å². The van der Waals surface area contributed by atoms with E-state index in [2.05, 4.69) is 36.3 Å². The molecule has 2 N–H and O–H groups in total. The average molecular weight is 481 g/mol. The van der Waals surface area contributed by atoms with Crippen LogP contribution in [0.3, 0.4) is 0 Å². The molecule has 9 heteroatoms. The standard InChI is InChI=1S/C20H23BrClN5O2/c21-16-17(20(29)27-11-5-6-13(27)12-26-9-3-4-10-26)24-25-18(16)23-19(28)14-7-1-2-8-15(14)22/h1-2,7-8,13H,3-6,9-12H2,(H2,23,24,25,28). The second-order valence-electron chi connectivity index (χ2n) is 7.50. The van der Waals surface area contributed by atoms with Gasteiger partial charge < -0.3 is 15.1 Å². The molecule has 0 bridgehead atoms. The molecule has 1 aromatic carbocycles. The van der Waals surface area contributed by atoms with Crippen molar-refractivity contribution in [3.63, 3.8) is 0 Å². The number of aromatic nitrogens is 2. The Morgan fingerprint density at radius 3 is 2.72 bits per heavy atom. The van der Waals surface area contributed by atoms with Gasteiger partial charge in [0.2, 0.25) is 0 Å². The Bertz CT molecular complexity index is 912. The number of halogens is 2. The molecule has 2 aliphatic rings. The molecular formula is C20H23BrClN5O2. The van der Waals surface area contributed by atoms with Gasteiger partial charge in [-0.05, 0) is 66.8 Å². The number of carbonyl (C=O) groups excluding carboxylic acids is 2. The number of likely N-dealkylation sites (tertiary alicyclic amines) is 2. The Labute approximate surface area is 182 Å². The first kappa shape index (κ1) is 20.4. The summed E-state index contributed by atoms with van der Waals surface area (Å²) in [5, 5.41) is 9.98. The molecule has 2 saturated heterocycles. The highest BCUT2D eigenvalue weighted by Crippen LogP contribution is 2.29. The van der Waals surface area contributed by atoms with Crippen molar-refractivity contribution in [3.8, 4) is 0 Å². The molecule has 3 heterocycles. The van der Waals surface area contributed by atoms with Gasteiger partial charge in [0.15, 0.2) is 5.82 Å². The first-order valence-electron chi connectivity index (χ1n) is 9.87. The molecule has 2 aromatic rings. The Kier molecular flexibility index (Phi) is 6.22. The Balaban J connectivity index is 1.46. The van der Waals surface area contributed by atoms with Crippen molar-refractivity contribution in [2.24, 2.45) is 0 Å². The van der Waals surface area contributed by atoms with Crippen LogP contribution in [0.15, 0.2) is 28.7 Å². The van der Waals surface area contributed by atoms with Crippen LogP contribution in [0.5, 0.6) is 0 Å². The minimum atomic E-state index is -0.380. The van der Waals surface area contributed by atoms with Gasteiger partial charge in [-0.1, -0.05) is 23.7 Å². The van der Waals surface area contributed by atoms with E-state index in [9.17, 15) is 9.59 Å². The maximum atomic E-state index is 13.1. The topological polar surface area (TPSA) is 81.3 Å². The SMILES string of the molecule is O=C(Nc1n[nH]c(C(=O)N2CCCC2CN2CCCC2)c1Br)c1ccccc1Cl. The number of nitrogens with one attached hydrogen (secondary N) is 2. The predicted octanol–water partition coefficient (Wildman–Crippen LogP) is 3.78. The van der Waals surface area contributed by atoms with E-state index in [0.29, 0.717) is 20.8 Å². The molecule has 4 rings (SSSR count). The molecule has 0 radical (unpaired) electrons. The molecule has 2 aliphatic heterocycles. The minimum Gasteiger partial charge on any atom is -0.333 e. The third-order valence-corrected chi connectivity index (χ3v) is 6.68. The number of nitrogens with zero attached hydrogens (tertiary/aromatic N) is 3. The fourth-order valence-electron chi connectivity index (χ4n) is 4.07. The molecule has 1 aromatic heterocycles. The lowest BCUT2D eigenvalue weighted by molar-refractivity contribution is 0.0701. The van der Waals surface area contributed by atoms with E-state index in [1.165, 1.54) is 12.8 Å². The monoisotopic (exact) mass is 479 g/mol. The summed E-state index contributed by atoms with van der Waals surface area (Å²) in [7, 11) is 0. The lowest BCUT2D eigenvalue weighted by Gasteiger charge is -2.28. The van der Waals surface area contributed by atoms with Crippen molar-refractivity contribution in [1.29, 1.82) is 0 Å². The van der Waals surface area contributed by atoms with Gasteiger partial charge in [-0.25, -0.2) is 0 Å². The highest BCUT2D eigenvalue weighted by molar-refractivity contribution is 9.10. The van der Waals surface area contributed by atoms with Crippen molar-refractivity contribution < 1.29 is 9.59 Å². The summed E-state index contributed by atoms with van der Waals surface area (Å²) in [5.74, 6) is -0.201. The van der Waals surface area contributed by atoms with Gasteiger partial charge in [-0.3, -0.25) is 14.7 Å². The van der Waals surface area contributed by atoms with E-state index in [0.717, 1.165) is 39.0 Å². The van der Waals surface area contributed by atoms with Crippen molar-refractivity contribution in [1.82, 2.24) is 20.0 Å². The fourth-order valence-corrected chi connectivity index (χ4v) is 4.74. The zero-order chi connectivity index (χ0) is 20.4. The van der Waals surface area contributed by atoms with Crippen molar-refractivity contribution >= 4 is 45.2 Å². The third kappa shape index (κ3) is 4.34. The summed E-state index contributed by atoms with van der Waals surface area (Å²) in [6, 6.07) is 7.01. The van der Waals surface area contributed by atoms with E-state index in [1.54, 1.807) is 24.3 Å². The lowest BCUT2D eigenvalue weighted by atomic mass is 10.2. The number of hydrogen-bond donors (Lipinski definition) is 2. The number of aromatic amines is 1. The molecule has 7 nitrogen and oxygen atoms in total. The summed E-state index contributed by atoms with van der Waals surface area (Å²) in [6.07, 6.45) is 4.50. The molecule has 2 amide bonds. The zero-order valence-electron chi connectivity index (χ0n) is 16.0. The molecule has 29 heavy (non-hydrogen) atoms. The fraction of sp³-hybridized carbons (Fsp3) is 0.450. The van der Waals surface area contributed by atoms with E-state index >= 15 is 0 Å². The maximum absolute atomic E-state index is 13.1. The highest BCUT2D eigenvalue weighted by Gasteiger charge is 2.33. The van der Waals surface area contributed by atoms with Gasteiger partial charge in [0.05, 0.1) is 15.1 Å². The van der Waals surface area contributed by atoms with Crippen LogP contribution in [0, 0.1) is 0 Å². The van der Waals surface area contributed by atoms with Crippen LogP contribution in [-0.2, 0) is 0 Å². The number of hydrogen-bond acceptors (Lipinski definition) is 4. The summed E-state index contributed by atoms with van der Waals surface area (Å²) in [6.45, 7) is 3.90. The molecule has 2 fully saturated rings. The normalized spacial score (nSPS) is 19.7. The molecule has 1 unspecified atom stereocenters. The van der Waals surface area contributed by atoms with E-state index in [-0.39, 0.29) is 23.7 Å². The second-order valence-corrected chi connectivity index (χ2v) is 8.70. The first-order chi connectivity index (χ1) is 14.0. The molecular weight excluding hydrogens is 458 g/mol. The van der Waals surface area contributed by atoms with Gasteiger partial charge in [-0.2, -0.15) is 5.10 Å². The third-order valence-electron chi connectivity index (χ3n) is 5.58. The largest absolute Gasteiger partial charge is 0.333 e. The molecule has 0 spiro atoms. The minimum absolute atomic E-state index is 0.0932. The van der Waals surface area contributed by atoms with E-state index in [1.807, 2.05) is 4.90 Å². The number of carbonyl (C=O) groups is 2. The number of amides is 2. The number of benzene rings is 1. The predicted molar refractivity (Wildman–Crippen MR) is 115 cm³/mol. The van der Waals surface area contributed by atoms with Gasteiger partial charge >= 0.3 is 0 Å². The van der Waals surface area contributed by atoms with Crippen LogP contribution in [0.2, 0.25) is 5.02 Å². The first-order valence-corrected chi connectivity index (χ1v) is 11.0. The van der Waals surface area contributed by atoms with Gasteiger partial charge in [0.1, 0.15) is 5.69 Å². The quantitative estimate of drug-likeness (QED) is 0.682. The van der Waals surface area contributed by atoms with Gasteiger partial charge in [-0.15, -0.1) is 0 Å². The second kappa shape index (κ2) is 8.85. The Morgan fingerprint density at radius 1 is 1.21 bits per heavy atom. The summed E-state index contributed by atoms with van der Waals surface area (Å²) >= 11 is 9.51. The number of rotatable bonds is 5. The Hall–Kier alpha value is -1.90.